The summed E-state index contributed by atoms with van der Waals surface area (Å²) < 4.78 is 7.20. The highest BCUT2D eigenvalue weighted by molar-refractivity contribution is 5.95. The Morgan fingerprint density at radius 3 is 2.71 bits per heavy atom. The standard InChI is InChI=1S/C24H27N5O2/c1-28-16-18(13-26-28)20-6-7-25-14-23(20)21-12-22(21)24(30)27-19-4-2-17(3-5-19)15-29-8-10-31-11-9-29/h2-7,13-14,16,21-22H,8-12,15H2,1H3,(H,27,30). The minimum atomic E-state index is -0.0207. The Morgan fingerprint density at radius 2 is 1.97 bits per heavy atom. The number of nitrogens with zero attached hydrogens (tertiary/aromatic N) is 4. The number of pyridine rings is 1. The largest absolute Gasteiger partial charge is 0.379 e. The van der Waals surface area contributed by atoms with Gasteiger partial charge in [0.2, 0.25) is 5.91 Å². The van der Waals surface area contributed by atoms with Gasteiger partial charge < -0.3 is 10.1 Å². The zero-order valence-electron chi connectivity index (χ0n) is 17.7. The first kappa shape index (κ1) is 19.9. The number of aromatic nitrogens is 3. The molecule has 2 atom stereocenters. The number of carbonyl (C=O) groups is 1. The highest BCUT2D eigenvalue weighted by Crippen LogP contribution is 2.50. The van der Waals surface area contributed by atoms with Gasteiger partial charge in [0.1, 0.15) is 0 Å². The minimum absolute atomic E-state index is 0.0207. The van der Waals surface area contributed by atoms with Crippen molar-refractivity contribution in [1.82, 2.24) is 19.7 Å². The molecule has 0 spiro atoms. The van der Waals surface area contributed by atoms with Gasteiger partial charge in [-0.15, -0.1) is 0 Å². The van der Waals surface area contributed by atoms with E-state index in [-0.39, 0.29) is 17.7 Å². The number of aryl methyl sites for hydroxylation is 1. The van der Waals surface area contributed by atoms with Crippen molar-refractivity contribution >= 4 is 11.6 Å². The Balaban J connectivity index is 1.21. The molecule has 1 amide bonds. The maximum Gasteiger partial charge on any atom is 0.228 e. The molecule has 3 aromatic rings. The molecule has 2 unspecified atom stereocenters. The van der Waals surface area contributed by atoms with Crippen LogP contribution < -0.4 is 5.32 Å². The van der Waals surface area contributed by atoms with Gasteiger partial charge in [-0.1, -0.05) is 12.1 Å². The fraction of sp³-hybridized carbons (Fsp3) is 0.375. The predicted octanol–water partition coefficient (Wildman–Crippen LogP) is 3.06. The lowest BCUT2D eigenvalue weighted by molar-refractivity contribution is -0.117. The van der Waals surface area contributed by atoms with Gasteiger partial charge in [0, 0.05) is 62.4 Å². The van der Waals surface area contributed by atoms with Gasteiger partial charge >= 0.3 is 0 Å². The molecule has 160 valence electrons. The molecule has 7 nitrogen and oxygen atoms in total. The average Bonchev–Trinajstić information content (AvgIpc) is 3.49. The van der Waals surface area contributed by atoms with Crippen LogP contribution in [-0.4, -0.2) is 51.9 Å². The summed E-state index contributed by atoms with van der Waals surface area (Å²) in [5, 5.41) is 7.36. The lowest BCUT2D eigenvalue weighted by Crippen LogP contribution is -2.35. The van der Waals surface area contributed by atoms with Gasteiger partial charge in [-0.05, 0) is 47.2 Å². The molecule has 0 radical (unpaired) electrons. The summed E-state index contributed by atoms with van der Waals surface area (Å²) in [5.41, 5.74) is 5.38. The van der Waals surface area contributed by atoms with Gasteiger partial charge in [0.05, 0.1) is 19.4 Å². The van der Waals surface area contributed by atoms with Crippen molar-refractivity contribution in [2.45, 2.75) is 18.9 Å². The Kier molecular flexibility index (Phi) is 5.53. The molecule has 7 heteroatoms. The summed E-state index contributed by atoms with van der Waals surface area (Å²) in [4.78, 5) is 19.5. The Labute approximate surface area is 182 Å². The molecule has 2 aromatic heterocycles. The monoisotopic (exact) mass is 417 g/mol. The van der Waals surface area contributed by atoms with E-state index >= 15 is 0 Å². The fourth-order valence-corrected chi connectivity index (χ4v) is 4.30. The van der Waals surface area contributed by atoms with Crippen LogP contribution in [0.2, 0.25) is 0 Å². The number of rotatable bonds is 6. The van der Waals surface area contributed by atoms with Crippen molar-refractivity contribution in [2.75, 3.05) is 31.6 Å². The first-order valence-electron chi connectivity index (χ1n) is 10.8. The van der Waals surface area contributed by atoms with E-state index < -0.39 is 0 Å². The summed E-state index contributed by atoms with van der Waals surface area (Å²) in [7, 11) is 1.91. The van der Waals surface area contributed by atoms with Gasteiger partial charge in [0.25, 0.3) is 0 Å². The molecule has 3 heterocycles. The number of morpholine rings is 1. The molecule has 2 aliphatic rings. The first-order chi connectivity index (χ1) is 15.2. The van der Waals surface area contributed by atoms with Crippen LogP contribution in [0, 0.1) is 5.92 Å². The third-order valence-electron chi connectivity index (χ3n) is 6.13. The molecular weight excluding hydrogens is 390 g/mol. The van der Waals surface area contributed by atoms with E-state index in [2.05, 4.69) is 32.4 Å². The third kappa shape index (κ3) is 4.52. The van der Waals surface area contributed by atoms with E-state index in [1.54, 1.807) is 10.9 Å². The topological polar surface area (TPSA) is 72.3 Å². The molecule has 1 N–H and O–H groups in total. The van der Waals surface area contributed by atoms with Crippen LogP contribution >= 0.6 is 0 Å². The average molecular weight is 418 g/mol. The maximum atomic E-state index is 12.8. The van der Waals surface area contributed by atoms with Crippen LogP contribution in [-0.2, 0) is 23.1 Å². The summed E-state index contributed by atoms with van der Waals surface area (Å²) in [6.45, 7) is 4.46. The molecule has 2 fully saturated rings. The van der Waals surface area contributed by atoms with Crippen LogP contribution in [0.5, 0.6) is 0 Å². The third-order valence-corrected chi connectivity index (χ3v) is 6.13. The zero-order chi connectivity index (χ0) is 21.2. The van der Waals surface area contributed by atoms with Crippen molar-refractivity contribution in [3.63, 3.8) is 0 Å². The van der Waals surface area contributed by atoms with Crippen LogP contribution in [0.25, 0.3) is 11.1 Å². The molecule has 1 saturated heterocycles. The second kappa shape index (κ2) is 8.61. The van der Waals surface area contributed by atoms with Crippen molar-refractivity contribution < 1.29 is 9.53 Å². The van der Waals surface area contributed by atoms with Gasteiger partial charge in [-0.2, -0.15) is 5.10 Å². The highest BCUT2D eigenvalue weighted by atomic mass is 16.5. The van der Waals surface area contributed by atoms with Crippen LogP contribution in [0.3, 0.4) is 0 Å². The van der Waals surface area contributed by atoms with E-state index in [1.807, 2.05) is 43.8 Å². The Hall–Kier alpha value is -3.03. The fourth-order valence-electron chi connectivity index (χ4n) is 4.30. The number of carbonyl (C=O) groups excluding carboxylic acids is 1. The summed E-state index contributed by atoms with van der Waals surface area (Å²) in [6.07, 6.45) is 8.38. The number of ether oxygens (including phenoxy) is 1. The van der Waals surface area contributed by atoms with Crippen molar-refractivity contribution in [3.8, 4) is 11.1 Å². The quantitative estimate of drug-likeness (QED) is 0.667. The number of hydrogen-bond acceptors (Lipinski definition) is 5. The molecule has 5 rings (SSSR count). The normalized spacial score (nSPS) is 21.1. The summed E-state index contributed by atoms with van der Waals surface area (Å²) in [5.74, 6) is 0.254. The maximum absolute atomic E-state index is 12.8. The van der Waals surface area contributed by atoms with Gasteiger partial charge in [-0.25, -0.2) is 0 Å². The van der Waals surface area contributed by atoms with E-state index in [0.29, 0.717) is 0 Å². The number of anilines is 1. The summed E-state index contributed by atoms with van der Waals surface area (Å²) in [6, 6.07) is 10.2. The molecule has 31 heavy (non-hydrogen) atoms. The highest BCUT2D eigenvalue weighted by Gasteiger charge is 2.45. The van der Waals surface area contributed by atoms with Gasteiger partial charge in [0.15, 0.2) is 0 Å². The second-order valence-electron chi connectivity index (χ2n) is 8.39. The van der Waals surface area contributed by atoms with Crippen molar-refractivity contribution in [2.24, 2.45) is 13.0 Å². The van der Waals surface area contributed by atoms with E-state index in [1.165, 1.54) is 5.56 Å². The van der Waals surface area contributed by atoms with Crippen LogP contribution in [0.15, 0.2) is 55.1 Å². The van der Waals surface area contributed by atoms with Crippen LogP contribution in [0.1, 0.15) is 23.5 Å². The lowest BCUT2D eigenvalue weighted by Gasteiger charge is -2.26. The predicted molar refractivity (Wildman–Crippen MR) is 118 cm³/mol. The number of hydrogen-bond donors (Lipinski definition) is 1. The van der Waals surface area contributed by atoms with Gasteiger partial charge in [-0.3, -0.25) is 19.4 Å². The Morgan fingerprint density at radius 1 is 1.16 bits per heavy atom. The first-order valence-corrected chi connectivity index (χ1v) is 10.8. The van der Waals surface area contributed by atoms with E-state index in [9.17, 15) is 4.79 Å². The van der Waals surface area contributed by atoms with E-state index in [4.69, 9.17) is 4.74 Å². The smallest absolute Gasteiger partial charge is 0.228 e. The lowest BCUT2D eigenvalue weighted by atomic mass is 10.0. The molecule has 1 aromatic carbocycles. The molecule has 0 bridgehead atoms. The molecule has 1 aliphatic carbocycles. The van der Waals surface area contributed by atoms with Crippen molar-refractivity contribution in [3.05, 3.63) is 66.2 Å². The SMILES string of the molecule is Cn1cc(-c2ccncc2C2CC2C(=O)Nc2ccc(CN3CCOCC3)cc2)cn1. The van der Waals surface area contributed by atoms with Crippen molar-refractivity contribution in [1.29, 1.82) is 0 Å². The molecular formula is C24H27N5O2. The Bertz CT molecular complexity index is 1060. The number of amides is 1. The second-order valence-corrected chi connectivity index (χ2v) is 8.39. The number of benzene rings is 1. The van der Waals surface area contributed by atoms with E-state index in [0.717, 1.165) is 61.6 Å². The minimum Gasteiger partial charge on any atom is -0.379 e. The number of nitrogens with one attached hydrogen (secondary N) is 1. The zero-order valence-corrected chi connectivity index (χ0v) is 17.7. The molecule has 1 saturated carbocycles. The van der Waals surface area contributed by atoms with Crippen LogP contribution in [0.4, 0.5) is 5.69 Å². The molecule has 1 aliphatic heterocycles. The summed E-state index contributed by atoms with van der Waals surface area (Å²) >= 11 is 0.